The molecule has 2 aliphatic rings. The number of thioether (sulfide) groups is 1. The molecule has 2 saturated heterocycles. The van der Waals surface area contributed by atoms with Gasteiger partial charge in [0, 0.05) is 25.7 Å². The Hall–Kier alpha value is -2.55. The minimum absolute atomic E-state index is 0.118. The maximum Gasteiger partial charge on any atom is 0.242 e. The van der Waals surface area contributed by atoms with Gasteiger partial charge in [0.25, 0.3) is 0 Å². The van der Waals surface area contributed by atoms with Crippen molar-refractivity contribution in [2.45, 2.75) is 56.8 Å². The van der Waals surface area contributed by atoms with Gasteiger partial charge in [0.15, 0.2) is 5.16 Å². The first kappa shape index (κ1) is 20.4. The summed E-state index contributed by atoms with van der Waals surface area (Å²) in [5, 5.41) is 9.46. The molecule has 0 bridgehead atoms. The minimum atomic E-state index is 0.118. The summed E-state index contributed by atoms with van der Waals surface area (Å²) in [5.74, 6) is 1.27. The van der Waals surface area contributed by atoms with E-state index in [4.69, 9.17) is 0 Å². The summed E-state index contributed by atoms with van der Waals surface area (Å²) in [6.07, 6.45) is 5.49. The first-order valence-electron chi connectivity index (χ1n) is 11.2. The fraction of sp³-hybridized carbons (Fsp3) is 0.545. The van der Waals surface area contributed by atoms with E-state index in [9.17, 15) is 9.59 Å². The molecule has 0 spiro atoms. The summed E-state index contributed by atoms with van der Waals surface area (Å²) >= 11 is 1.42. The van der Waals surface area contributed by atoms with Gasteiger partial charge in [-0.15, -0.1) is 10.2 Å². The molecule has 1 aromatic carbocycles. The number of piperidine rings is 1. The number of carbonyl (C=O) groups is 2. The van der Waals surface area contributed by atoms with Crippen LogP contribution in [0.1, 0.15) is 39.0 Å². The van der Waals surface area contributed by atoms with Crippen LogP contribution in [0, 0.1) is 0 Å². The van der Waals surface area contributed by atoms with Crippen molar-refractivity contribution in [1.29, 1.82) is 0 Å². The van der Waals surface area contributed by atoms with Crippen molar-refractivity contribution in [3.63, 3.8) is 0 Å². The Morgan fingerprint density at radius 1 is 1.00 bits per heavy atom. The maximum absolute atomic E-state index is 12.8. The molecule has 0 radical (unpaired) electrons. The highest BCUT2D eigenvalue weighted by atomic mass is 32.2. The van der Waals surface area contributed by atoms with Crippen molar-refractivity contribution in [2.75, 3.05) is 25.4 Å². The third kappa shape index (κ3) is 3.79. The predicted molar refractivity (Wildman–Crippen MR) is 120 cm³/mol. The van der Waals surface area contributed by atoms with Gasteiger partial charge in [-0.2, -0.15) is 0 Å². The van der Waals surface area contributed by atoms with E-state index < -0.39 is 0 Å². The second-order valence-electron chi connectivity index (χ2n) is 8.50. The lowest BCUT2D eigenvalue weighted by Gasteiger charge is -2.33. The summed E-state index contributed by atoms with van der Waals surface area (Å²) in [6, 6.07) is 8.28. The van der Waals surface area contributed by atoms with Crippen LogP contribution >= 0.6 is 11.8 Å². The number of hydrogen-bond acceptors (Lipinski definition) is 5. The van der Waals surface area contributed by atoms with Crippen LogP contribution in [0.3, 0.4) is 0 Å². The molecule has 9 heteroatoms. The van der Waals surface area contributed by atoms with E-state index in [1.807, 2.05) is 43.0 Å². The Morgan fingerprint density at radius 2 is 1.74 bits per heavy atom. The van der Waals surface area contributed by atoms with Crippen LogP contribution in [-0.4, -0.2) is 72.2 Å². The smallest absolute Gasteiger partial charge is 0.242 e. The lowest BCUT2D eigenvalue weighted by atomic mass is 10.0. The highest BCUT2D eigenvalue weighted by molar-refractivity contribution is 7.99. The Bertz CT molecular complexity index is 1120. The highest BCUT2D eigenvalue weighted by Crippen LogP contribution is 2.27. The van der Waals surface area contributed by atoms with Gasteiger partial charge in [-0.3, -0.25) is 18.6 Å². The number of benzene rings is 1. The number of rotatable bonds is 5. The molecular formula is C22H28N6O2S. The Labute approximate surface area is 185 Å². The molecule has 2 fully saturated rings. The normalized spacial score (nSPS) is 19.6. The third-order valence-electron chi connectivity index (χ3n) is 6.47. The van der Waals surface area contributed by atoms with Crippen LogP contribution in [-0.2, 0) is 16.1 Å². The average Bonchev–Trinajstić information content (AvgIpc) is 3.51. The van der Waals surface area contributed by atoms with Gasteiger partial charge in [-0.25, -0.2) is 0 Å². The van der Waals surface area contributed by atoms with Crippen LogP contribution in [0.5, 0.6) is 0 Å². The average molecular weight is 441 g/mol. The summed E-state index contributed by atoms with van der Waals surface area (Å²) in [5.41, 5.74) is 1.91. The van der Waals surface area contributed by atoms with Crippen molar-refractivity contribution in [3.8, 4) is 0 Å². The molecule has 2 aromatic heterocycles. The van der Waals surface area contributed by atoms with E-state index in [0.29, 0.717) is 22.7 Å². The molecule has 2 amide bonds. The first-order chi connectivity index (χ1) is 15.1. The molecule has 164 valence electrons. The summed E-state index contributed by atoms with van der Waals surface area (Å²) in [6.45, 7) is 4.89. The Morgan fingerprint density at radius 3 is 2.52 bits per heavy atom. The molecule has 31 heavy (non-hydrogen) atoms. The number of para-hydroxylation sites is 2. The van der Waals surface area contributed by atoms with E-state index >= 15 is 0 Å². The predicted octanol–water partition coefficient (Wildman–Crippen LogP) is 2.80. The fourth-order valence-corrected chi connectivity index (χ4v) is 5.59. The molecule has 4 heterocycles. The number of carbonyl (C=O) groups excluding carboxylic acids is 2. The van der Waals surface area contributed by atoms with Crippen molar-refractivity contribution in [1.82, 2.24) is 29.0 Å². The number of aromatic nitrogens is 4. The number of nitrogens with zero attached hydrogens (tertiary/aromatic N) is 6. The van der Waals surface area contributed by atoms with Crippen LogP contribution in [0.25, 0.3) is 16.8 Å². The minimum Gasteiger partial charge on any atom is -0.341 e. The van der Waals surface area contributed by atoms with Gasteiger partial charge in [-0.05, 0) is 51.2 Å². The third-order valence-corrected chi connectivity index (χ3v) is 7.39. The first-order valence-corrected chi connectivity index (χ1v) is 12.1. The van der Waals surface area contributed by atoms with Crippen LogP contribution < -0.4 is 0 Å². The second-order valence-corrected chi connectivity index (χ2v) is 9.44. The summed E-state index contributed by atoms with van der Waals surface area (Å²) in [7, 11) is 0. The molecule has 0 unspecified atom stereocenters. The molecule has 5 rings (SSSR count). The number of amides is 2. The van der Waals surface area contributed by atoms with Gasteiger partial charge in [0.1, 0.15) is 6.54 Å². The Kier molecular flexibility index (Phi) is 5.60. The van der Waals surface area contributed by atoms with Gasteiger partial charge < -0.3 is 9.80 Å². The lowest BCUT2D eigenvalue weighted by molar-refractivity contribution is -0.132. The molecule has 2 aliphatic heterocycles. The number of hydrogen-bond donors (Lipinski definition) is 0. The molecule has 0 saturated carbocycles. The maximum atomic E-state index is 12.8. The van der Waals surface area contributed by atoms with Crippen LogP contribution in [0.15, 0.2) is 29.4 Å². The van der Waals surface area contributed by atoms with E-state index in [1.165, 1.54) is 18.2 Å². The fourth-order valence-electron chi connectivity index (χ4n) is 4.77. The van der Waals surface area contributed by atoms with E-state index in [2.05, 4.69) is 17.1 Å². The zero-order valence-corrected chi connectivity index (χ0v) is 18.7. The molecular weight excluding hydrogens is 412 g/mol. The van der Waals surface area contributed by atoms with Crippen LogP contribution in [0.2, 0.25) is 0 Å². The van der Waals surface area contributed by atoms with E-state index in [-0.39, 0.29) is 18.4 Å². The van der Waals surface area contributed by atoms with Crippen molar-refractivity contribution in [2.24, 2.45) is 0 Å². The van der Waals surface area contributed by atoms with Crippen molar-refractivity contribution < 1.29 is 9.59 Å². The number of likely N-dealkylation sites (tertiary alicyclic amines) is 2. The molecule has 0 aliphatic carbocycles. The monoisotopic (exact) mass is 440 g/mol. The quantitative estimate of drug-likeness (QED) is 0.571. The van der Waals surface area contributed by atoms with Crippen LogP contribution in [0.4, 0.5) is 0 Å². The SMILES string of the molecule is C[C@H]1CCCCN1C(=O)CSc1nnc2n(CC(=O)N3CCCC3)c3ccccc3n12. The standard InChI is InChI=1S/C22H28N6O2S/c1-16-8-4-5-13-26(16)20(30)15-31-22-24-23-21-27(14-19(29)25-11-6-7-12-25)17-9-2-3-10-18(17)28(21)22/h2-3,9-10,16H,4-8,11-15H2,1H3/t16-/m0/s1. The van der Waals surface area contributed by atoms with Crippen molar-refractivity contribution in [3.05, 3.63) is 24.3 Å². The topological polar surface area (TPSA) is 75.7 Å². The van der Waals surface area contributed by atoms with E-state index in [1.54, 1.807) is 0 Å². The van der Waals surface area contributed by atoms with E-state index in [0.717, 1.165) is 56.4 Å². The zero-order valence-electron chi connectivity index (χ0n) is 17.9. The number of fused-ring (bicyclic) bond motifs is 3. The molecule has 0 N–H and O–H groups in total. The largest absolute Gasteiger partial charge is 0.341 e. The second kappa shape index (κ2) is 8.53. The summed E-state index contributed by atoms with van der Waals surface area (Å²) < 4.78 is 3.92. The molecule has 3 aromatic rings. The zero-order chi connectivity index (χ0) is 21.4. The Balaban J connectivity index is 1.41. The van der Waals surface area contributed by atoms with Gasteiger partial charge >= 0.3 is 0 Å². The molecule has 8 nitrogen and oxygen atoms in total. The van der Waals surface area contributed by atoms with Gasteiger partial charge in [-0.1, -0.05) is 23.9 Å². The lowest BCUT2D eigenvalue weighted by Crippen LogP contribution is -2.42. The van der Waals surface area contributed by atoms with Gasteiger partial charge in [0.05, 0.1) is 16.8 Å². The molecule has 1 atom stereocenters. The summed E-state index contributed by atoms with van der Waals surface area (Å²) in [4.78, 5) is 29.5. The number of imidazole rings is 1. The van der Waals surface area contributed by atoms with Crippen molar-refractivity contribution >= 4 is 40.4 Å². The highest BCUT2D eigenvalue weighted by Gasteiger charge is 2.25. The van der Waals surface area contributed by atoms with Gasteiger partial charge in [0.2, 0.25) is 17.6 Å².